The van der Waals surface area contributed by atoms with Gasteiger partial charge in [0.15, 0.2) is 0 Å². The Morgan fingerprint density at radius 2 is 2.00 bits per heavy atom. The van der Waals surface area contributed by atoms with E-state index in [1.54, 1.807) is 6.92 Å². The van der Waals surface area contributed by atoms with Crippen LogP contribution in [0.3, 0.4) is 0 Å². The maximum atomic E-state index is 11.2. The molecular formula is C13H24N2O2. The van der Waals surface area contributed by atoms with E-state index in [2.05, 4.69) is 12.2 Å². The van der Waals surface area contributed by atoms with Crippen molar-refractivity contribution in [2.45, 2.75) is 57.8 Å². The van der Waals surface area contributed by atoms with Crippen molar-refractivity contribution in [1.82, 2.24) is 10.2 Å². The molecule has 1 N–H and O–H groups in total. The van der Waals surface area contributed by atoms with E-state index < -0.39 is 0 Å². The van der Waals surface area contributed by atoms with Gasteiger partial charge in [-0.25, -0.2) is 0 Å². The SMILES string of the molecule is CC(=O)N1CCC(NCC2CCC(C)O2)CC1. The van der Waals surface area contributed by atoms with E-state index in [1.807, 2.05) is 4.90 Å². The monoisotopic (exact) mass is 240 g/mol. The number of ether oxygens (including phenoxy) is 1. The van der Waals surface area contributed by atoms with Crippen LogP contribution in [0.1, 0.15) is 39.5 Å². The maximum Gasteiger partial charge on any atom is 0.219 e. The van der Waals surface area contributed by atoms with Crippen molar-refractivity contribution >= 4 is 5.91 Å². The quantitative estimate of drug-likeness (QED) is 0.804. The van der Waals surface area contributed by atoms with Crippen LogP contribution in [0.25, 0.3) is 0 Å². The summed E-state index contributed by atoms with van der Waals surface area (Å²) in [4.78, 5) is 13.1. The number of carbonyl (C=O) groups excluding carboxylic acids is 1. The van der Waals surface area contributed by atoms with Crippen LogP contribution in [0.4, 0.5) is 0 Å². The summed E-state index contributed by atoms with van der Waals surface area (Å²) < 4.78 is 5.78. The molecule has 0 aliphatic carbocycles. The lowest BCUT2D eigenvalue weighted by Gasteiger charge is -2.32. The minimum Gasteiger partial charge on any atom is -0.374 e. The topological polar surface area (TPSA) is 41.6 Å². The number of likely N-dealkylation sites (tertiary alicyclic amines) is 1. The average Bonchev–Trinajstić information content (AvgIpc) is 2.73. The van der Waals surface area contributed by atoms with Gasteiger partial charge in [-0.1, -0.05) is 0 Å². The highest BCUT2D eigenvalue weighted by Gasteiger charge is 2.24. The van der Waals surface area contributed by atoms with Gasteiger partial charge in [-0.2, -0.15) is 0 Å². The Bertz CT molecular complexity index is 262. The summed E-state index contributed by atoms with van der Waals surface area (Å²) in [6, 6.07) is 0.560. The highest BCUT2D eigenvalue weighted by molar-refractivity contribution is 5.73. The molecule has 4 heteroatoms. The second-order valence-electron chi connectivity index (χ2n) is 5.33. The third-order valence-electron chi connectivity index (χ3n) is 3.89. The Kier molecular flexibility index (Phi) is 4.40. The third kappa shape index (κ3) is 3.68. The predicted octanol–water partition coefficient (Wildman–Crippen LogP) is 1.15. The van der Waals surface area contributed by atoms with Crippen LogP contribution in [-0.4, -0.2) is 48.7 Å². The zero-order valence-corrected chi connectivity index (χ0v) is 10.9. The first kappa shape index (κ1) is 12.8. The second kappa shape index (κ2) is 5.83. The molecule has 0 aromatic heterocycles. The first-order valence-corrected chi connectivity index (χ1v) is 6.79. The molecule has 2 aliphatic rings. The molecule has 2 fully saturated rings. The van der Waals surface area contributed by atoms with E-state index >= 15 is 0 Å². The van der Waals surface area contributed by atoms with Crippen LogP contribution in [0.5, 0.6) is 0 Å². The molecule has 2 rings (SSSR count). The molecule has 2 saturated heterocycles. The fourth-order valence-electron chi connectivity index (χ4n) is 2.73. The molecule has 0 radical (unpaired) electrons. The van der Waals surface area contributed by atoms with Gasteiger partial charge in [-0.05, 0) is 32.6 Å². The van der Waals surface area contributed by atoms with Crippen LogP contribution < -0.4 is 5.32 Å². The van der Waals surface area contributed by atoms with E-state index in [4.69, 9.17) is 4.74 Å². The summed E-state index contributed by atoms with van der Waals surface area (Å²) >= 11 is 0. The van der Waals surface area contributed by atoms with Gasteiger partial charge < -0.3 is 15.0 Å². The molecule has 0 spiro atoms. The standard InChI is InChI=1S/C13H24N2O2/c1-10-3-4-13(17-10)9-14-12-5-7-15(8-6-12)11(2)16/h10,12-14H,3-9H2,1-2H3. The van der Waals surface area contributed by atoms with Gasteiger partial charge in [0.1, 0.15) is 0 Å². The zero-order valence-electron chi connectivity index (χ0n) is 10.9. The van der Waals surface area contributed by atoms with E-state index in [1.165, 1.54) is 12.8 Å². The summed E-state index contributed by atoms with van der Waals surface area (Å²) in [5.74, 6) is 0.205. The number of hydrogen-bond donors (Lipinski definition) is 1. The number of amides is 1. The van der Waals surface area contributed by atoms with Gasteiger partial charge in [0.2, 0.25) is 5.91 Å². The van der Waals surface area contributed by atoms with Crippen LogP contribution >= 0.6 is 0 Å². The lowest BCUT2D eigenvalue weighted by atomic mass is 10.0. The van der Waals surface area contributed by atoms with Crippen molar-refractivity contribution in [3.8, 4) is 0 Å². The van der Waals surface area contributed by atoms with Gasteiger partial charge in [-0.3, -0.25) is 4.79 Å². The van der Waals surface area contributed by atoms with Gasteiger partial charge in [0.25, 0.3) is 0 Å². The van der Waals surface area contributed by atoms with E-state index in [9.17, 15) is 4.79 Å². The zero-order chi connectivity index (χ0) is 12.3. The molecule has 0 saturated carbocycles. The maximum absolute atomic E-state index is 11.2. The van der Waals surface area contributed by atoms with Crippen molar-refractivity contribution in [2.24, 2.45) is 0 Å². The van der Waals surface area contributed by atoms with E-state index in [0.717, 1.165) is 32.5 Å². The van der Waals surface area contributed by atoms with Crippen molar-refractivity contribution in [3.05, 3.63) is 0 Å². The lowest BCUT2D eigenvalue weighted by Crippen LogP contribution is -2.45. The number of carbonyl (C=O) groups is 1. The fraction of sp³-hybridized carbons (Fsp3) is 0.923. The van der Waals surface area contributed by atoms with Crippen LogP contribution in [0.15, 0.2) is 0 Å². The third-order valence-corrected chi connectivity index (χ3v) is 3.89. The van der Waals surface area contributed by atoms with Crippen molar-refractivity contribution in [1.29, 1.82) is 0 Å². The highest BCUT2D eigenvalue weighted by Crippen LogP contribution is 2.19. The number of hydrogen-bond acceptors (Lipinski definition) is 3. The Balaban J connectivity index is 1.63. The van der Waals surface area contributed by atoms with Gasteiger partial charge in [-0.15, -0.1) is 0 Å². The van der Waals surface area contributed by atoms with E-state index in [0.29, 0.717) is 18.2 Å². The van der Waals surface area contributed by atoms with Gasteiger partial charge in [0, 0.05) is 32.6 Å². The molecule has 98 valence electrons. The summed E-state index contributed by atoms with van der Waals surface area (Å²) in [7, 11) is 0. The molecular weight excluding hydrogens is 216 g/mol. The number of nitrogens with zero attached hydrogens (tertiary/aromatic N) is 1. The first-order chi connectivity index (χ1) is 8.15. The van der Waals surface area contributed by atoms with Crippen molar-refractivity contribution in [2.75, 3.05) is 19.6 Å². The molecule has 0 bridgehead atoms. The predicted molar refractivity (Wildman–Crippen MR) is 66.8 cm³/mol. The Hall–Kier alpha value is -0.610. The van der Waals surface area contributed by atoms with Crippen molar-refractivity contribution in [3.63, 3.8) is 0 Å². The molecule has 2 heterocycles. The van der Waals surface area contributed by atoms with Crippen molar-refractivity contribution < 1.29 is 9.53 Å². The minimum absolute atomic E-state index is 0.205. The first-order valence-electron chi connectivity index (χ1n) is 6.79. The lowest BCUT2D eigenvalue weighted by molar-refractivity contribution is -0.129. The van der Waals surface area contributed by atoms with Gasteiger partial charge >= 0.3 is 0 Å². The normalized spacial score (nSPS) is 30.8. The molecule has 2 atom stereocenters. The molecule has 0 aromatic carbocycles. The average molecular weight is 240 g/mol. The molecule has 2 unspecified atom stereocenters. The number of rotatable bonds is 3. The molecule has 0 aromatic rings. The largest absolute Gasteiger partial charge is 0.374 e. The smallest absolute Gasteiger partial charge is 0.219 e. The summed E-state index contributed by atoms with van der Waals surface area (Å²) in [6.45, 7) is 6.56. The van der Waals surface area contributed by atoms with Crippen LogP contribution in [-0.2, 0) is 9.53 Å². The summed E-state index contributed by atoms with van der Waals surface area (Å²) in [6.07, 6.45) is 5.34. The molecule has 4 nitrogen and oxygen atoms in total. The van der Waals surface area contributed by atoms with Crippen LogP contribution in [0, 0.1) is 0 Å². The Morgan fingerprint density at radius 3 is 2.53 bits per heavy atom. The highest BCUT2D eigenvalue weighted by atomic mass is 16.5. The number of piperidine rings is 1. The van der Waals surface area contributed by atoms with E-state index in [-0.39, 0.29) is 5.91 Å². The second-order valence-corrected chi connectivity index (χ2v) is 5.33. The molecule has 1 amide bonds. The summed E-state index contributed by atoms with van der Waals surface area (Å²) in [5.41, 5.74) is 0. The Morgan fingerprint density at radius 1 is 1.29 bits per heavy atom. The number of nitrogens with one attached hydrogen (secondary N) is 1. The summed E-state index contributed by atoms with van der Waals surface area (Å²) in [5, 5.41) is 3.58. The molecule has 17 heavy (non-hydrogen) atoms. The minimum atomic E-state index is 0.205. The van der Waals surface area contributed by atoms with Gasteiger partial charge in [0.05, 0.1) is 12.2 Å². The molecule has 2 aliphatic heterocycles. The Labute approximate surface area is 104 Å². The van der Waals surface area contributed by atoms with Crippen LogP contribution in [0.2, 0.25) is 0 Å². The fourth-order valence-corrected chi connectivity index (χ4v) is 2.73.